The van der Waals surface area contributed by atoms with Gasteiger partial charge in [-0.2, -0.15) is 0 Å². The van der Waals surface area contributed by atoms with E-state index in [4.69, 9.17) is 19.8 Å². The van der Waals surface area contributed by atoms with Crippen LogP contribution in [0.3, 0.4) is 0 Å². The van der Waals surface area contributed by atoms with Gasteiger partial charge in [-0.1, -0.05) is 0 Å². The summed E-state index contributed by atoms with van der Waals surface area (Å²) in [4.78, 5) is 18.2. The van der Waals surface area contributed by atoms with Crippen LogP contribution in [0.15, 0.2) is 0 Å². The molecule has 0 rings (SSSR count). The molecule has 0 heterocycles. The van der Waals surface area contributed by atoms with Crippen molar-refractivity contribution in [3.63, 3.8) is 0 Å². The maximum atomic E-state index is 9.10. The van der Waals surface area contributed by atoms with Gasteiger partial charge in [0, 0.05) is 18.6 Å². The van der Waals surface area contributed by atoms with Crippen molar-refractivity contribution in [3.05, 3.63) is 0 Å². The van der Waals surface area contributed by atoms with Crippen LogP contribution in [-0.2, 0) is 28.1 Å². The van der Waals surface area contributed by atoms with Gasteiger partial charge in [-0.3, -0.25) is 0 Å². The molecule has 0 aromatic rings. The van der Waals surface area contributed by atoms with Crippen LogP contribution in [0, 0.1) is 0 Å². The molecule has 0 amide bonds. The molecule has 4 N–H and O–H groups in total. The van der Waals surface area contributed by atoms with E-state index in [1.165, 1.54) is 0 Å². The first kappa shape index (κ1) is 15.6. The predicted octanol–water partition coefficient (Wildman–Crippen LogP) is -1.67. The summed E-state index contributed by atoms with van der Waals surface area (Å²) in [5.74, 6) is -3.65. The quantitative estimate of drug-likeness (QED) is 0.412. The summed E-state index contributed by atoms with van der Waals surface area (Å²) in [5, 5.41) is 14.8. The molecule has 0 aliphatic carbocycles. The van der Waals surface area contributed by atoms with Crippen molar-refractivity contribution in [2.24, 2.45) is 0 Å². The van der Waals surface area contributed by atoms with Gasteiger partial charge in [-0.25, -0.2) is 9.59 Å². The molecule has 0 unspecified atom stereocenters. The van der Waals surface area contributed by atoms with Crippen LogP contribution in [-0.4, -0.2) is 27.6 Å². The van der Waals surface area contributed by atoms with Gasteiger partial charge in [0.25, 0.3) is 0 Å². The van der Waals surface area contributed by atoms with E-state index in [0.717, 1.165) is 0 Å². The maximum Gasteiger partial charge on any atom is 0.414 e. The number of carboxylic acid groups (broad SMARTS) is 2. The first-order chi connectivity index (χ1) is 2.64. The molecule has 47 valence electrons. The number of aliphatic carboxylic acids is 2. The summed E-state index contributed by atoms with van der Waals surface area (Å²) in [7, 11) is 0. The molecule has 5 nitrogen and oxygen atoms in total. The van der Waals surface area contributed by atoms with Gasteiger partial charge >= 0.3 is 11.9 Å². The van der Waals surface area contributed by atoms with Gasteiger partial charge in [0.15, 0.2) is 0 Å². The average molecular weight is 159 g/mol. The Labute approximate surface area is 56.5 Å². The number of carboxylic acids is 2. The normalized spacial score (nSPS) is 5.50. The van der Waals surface area contributed by atoms with Gasteiger partial charge in [-0.15, -0.1) is 0 Å². The second-order valence-corrected chi connectivity index (χ2v) is 0.610. The predicted molar refractivity (Wildman–Crippen MR) is 18.9 cm³/mol. The number of hydrogen-bond donors (Lipinski definition) is 2. The molecule has 0 aliphatic rings. The van der Waals surface area contributed by atoms with Gasteiger partial charge in [-0.05, 0) is 0 Å². The minimum atomic E-state index is -1.82. The Morgan fingerprint density at radius 2 is 1.12 bits per heavy atom. The molecule has 0 aliphatic heterocycles. The molecule has 6 heteroatoms. The Bertz CT molecular complexity index is 76.4. The Balaban J connectivity index is -0.000000125. The summed E-state index contributed by atoms with van der Waals surface area (Å²) < 4.78 is 0. The summed E-state index contributed by atoms with van der Waals surface area (Å²) in [6.07, 6.45) is 0. The van der Waals surface area contributed by atoms with Crippen LogP contribution in [0.25, 0.3) is 0 Å². The Morgan fingerprint density at radius 1 is 1.00 bits per heavy atom. The van der Waals surface area contributed by atoms with Crippen molar-refractivity contribution in [3.8, 4) is 0 Å². The van der Waals surface area contributed by atoms with Crippen LogP contribution in [0.2, 0.25) is 0 Å². The Kier molecular flexibility index (Phi) is 12.7. The number of hydrogen-bond acceptors (Lipinski definition) is 2. The molecule has 0 atom stereocenters. The van der Waals surface area contributed by atoms with E-state index in [1.807, 2.05) is 0 Å². The van der Waals surface area contributed by atoms with Crippen LogP contribution in [0.1, 0.15) is 0 Å². The van der Waals surface area contributed by atoms with Gasteiger partial charge < -0.3 is 15.7 Å². The van der Waals surface area contributed by atoms with Crippen LogP contribution >= 0.6 is 0 Å². The van der Waals surface area contributed by atoms with Crippen LogP contribution in [0.5, 0.6) is 0 Å². The van der Waals surface area contributed by atoms with Crippen molar-refractivity contribution in [2.45, 2.75) is 0 Å². The monoisotopic (exact) mass is 159 g/mol. The summed E-state index contributed by atoms with van der Waals surface area (Å²) in [6, 6.07) is 0. The van der Waals surface area contributed by atoms with Crippen molar-refractivity contribution in [1.82, 2.24) is 0 Å². The standard InChI is InChI=1S/C2H2O4.H2O.V/c3-1(4)2(5)6;;/h(H,3,4)(H,5,6);1H2;. The molecule has 0 fully saturated rings. The fraction of sp³-hybridized carbons (Fsp3) is 0. The smallest absolute Gasteiger partial charge is 0.414 e. The van der Waals surface area contributed by atoms with Crippen molar-refractivity contribution in [2.75, 3.05) is 0 Å². The van der Waals surface area contributed by atoms with E-state index < -0.39 is 11.9 Å². The molecule has 8 heavy (non-hydrogen) atoms. The first-order valence-electron chi connectivity index (χ1n) is 1.11. The zero-order valence-electron chi connectivity index (χ0n) is 3.66. The molecular formula is C2H4O5V. The molecular weight excluding hydrogens is 155 g/mol. The zero-order chi connectivity index (χ0) is 5.15. The second kappa shape index (κ2) is 6.48. The third-order valence-corrected chi connectivity index (χ3v) is 0.183. The van der Waals surface area contributed by atoms with E-state index >= 15 is 0 Å². The van der Waals surface area contributed by atoms with Crippen LogP contribution < -0.4 is 0 Å². The molecule has 0 spiro atoms. The largest absolute Gasteiger partial charge is 0.473 e. The average Bonchev–Trinajstić information content (AvgIpc) is 1.36. The van der Waals surface area contributed by atoms with E-state index in [9.17, 15) is 0 Å². The Morgan fingerprint density at radius 3 is 1.12 bits per heavy atom. The Hall–Kier alpha value is -0.516. The van der Waals surface area contributed by atoms with E-state index in [1.54, 1.807) is 0 Å². The minimum Gasteiger partial charge on any atom is -0.473 e. The fourth-order valence-corrected chi connectivity index (χ4v) is 0. The SMILES string of the molecule is O.O=C(O)C(=O)O.[V]. The molecule has 0 aromatic carbocycles. The molecule has 1 radical (unpaired) electrons. The van der Waals surface area contributed by atoms with E-state index in [-0.39, 0.29) is 24.0 Å². The number of carbonyl (C=O) groups is 2. The molecule has 0 aromatic heterocycles. The topological polar surface area (TPSA) is 106 Å². The number of rotatable bonds is 0. The zero-order valence-corrected chi connectivity index (χ0v) is 5.05. The van der Waals surface area contributed by atoms with E-state index in [2.05, 4.69) is 0 Å². The van der Waals surface area contributed by atoms with Gasteiger partial charge in [0.2, 0.25) is 0 Å². The summed E-state index contributed by atoms with van der Waals surface area (Å²) in [5.41, 5.74) is 0. The molecule has 0 saturated carbocycles. The van der Waals surface area contributed by atoms with Crippen molar-refractivity contribution >= 4 is 11.9 Å². The fourth-order valence-electron chi connectivity index (χ4n) is 0. The maximum absolute atomic E-state index is 9.10. The van der Waals surface area contributed by atoms with E-state index in [0.29, 0.717) is 0 Å². The first-order valence-corrected chi connectivity index (χ1v) is 1.11. The third-order valence-electron chi connectivity index (χ3n) is 0.183. The third kappa shape index (κ3) is 9.08. The van der Waals surface area contributed by atoms with Crippen LogP contribution in [0.4, 0.5) is 0 Å². The van der Waals surface area contributed by atoms with Crippen molar-refractivity contribution < 1.29 is 43.8 Å². The molecule has 0 bridgehead atoms. The summed E-state index contributed by atoms with van der Waals surface area (Å²) in [6.45, 7) is 0. The summed E-state index contributed by atoms with van der Waals surface area (Å²) >= 11 is 0. The van der Waals surface area contributed by atoms with Gasteiger partial charge in [0.1, 0.15) is 0 Å². The second-order valence-electron chi connectivity index (χ2n) is 0.610. The van der Waals surface area contributed by atoms with Gasteiger partial charge in [0.05, 0.1) is 0 Å². The van der Waals surface area contributed by atoms with Crippen molar-refractivity contribution in [1.29, 1.82) is 0 Å². The molecule has 0 saturated heterocycles. The minimum absolute atomic E-state index is 0.